The number of nitrogens with one attached hydrogen (secondary N) is 3. The largest absolute Gasteiger partial charge is 0.361 e. The minimum Gasteiger partial charge on any atom is -0.361 e. The first-order valence-corrected chi connectivity index (χ1v) is 7.37. The van der Waals surface area contributed by atoms with Crippen molar-refractivity contribution in [2.75, 3.05) is 5.32 Å². The minimum absolute atomic E-state index is 0.236. The van der Waals surface area contributed by atoms with Gasteiger partial charge in [-0.15, -0.1) is 0 Å². The fraction of sp³-hybridized carbons (Fsp3) is 0.111. The molecule has 0 aliphatic rings. The third-order valence-corrected chi connectivity index (χ3v) is 3.67. The van der Waals surface area contributed by atoms with Crippen LogP contribution in [0.5, 0.6) is 0 Å². The summed E-state index contributed by atoms with van der Waals surface area (Å²) in [5.41, 5.74) is 2.43. The van der Waals surface area contributed by atoms with Gasteiger partial charge in [0, 0.05) is 17.4 Å². The zero-order chi connectivity index (χ0) is 16.2. The van der Waals surface area contributed by atoms with Crippen molar-refractivity contribution in [3.8, 4) is 0 Å². The monoisotopic (exact) mass is 307 g/mol. The van der Waals surface area contributed by atoms with Crippen LogP contribution >= 0.6 is 0 Å². The Balaban J connectivity index is 1.64. The van der Waals surface area contributed by atoms with Gasteiger partial charge in [0.1, 0.15) is 0 Å². The molecular formula is C18H17N3O2. The molecule has 0 fully saturated rings. The fourth-order valence-electron chi connectivity index (χ4n) is 2.40. The van der Waals surface area contributed by atoms with Crippen molar-refractivity contribution in [2.45, 2.75) is 13.0 Å². The van der Waals surface area contributed by atoms with Gasteiger partial charge in [0.05, 0.1) is 6.04 Å². The molecule has 2 amide bonds. The molecule has 23 heavy (non-hydrogen) atoms. The van der Waals surface area contributed by atoms with Crippen molar-refractivity contribution < 1.29 is 9.59 Å². The van der Waals surface area contributed by atoms with Crippen LogP contribution in [0.4, 0.5) is 5.69 Å². The van der Waals surface area contributed by atoms with Crippen molar-refractivity contribution in [1.82, 2.24) is 10.3 Å². The minimum atomic E-state index is -0.682. The van der Waals surface area contributed by atoms with E-state index >= 15 is 0 Å². The molecule has 0 aliphatic carbocycles. The number of fused-ring (bicyclic) bond motifs is 1. The molecule has 116 valence electrons. The van der Waals surface area contributed by atoms with E-state index in [4.69, 9.17) is 0 Å². The lowest BCUT2D eigenvalue weighted by atomic mass is 10.1. The lowest BCUT2D eigenvalue weighted by molar-refractivity contribution is -0.136. The molecule has 5 nitrogen and oxygen atoms in total. The van der Waals surface area contributed by atoms with Crippen LogP contribution in [-0.2, 0) is 9.59 Å². The van der Waals surface area contributed by atoms with E-state index in [1.54, 1.807) is 12.1 Å². The Bertz CT molecular complexity index is 840. The van der Waals surface area contributed by atoms with Gasteiger partial charge in [-0.25, -0.2) is 0 Å². The molecule has 2 aromatic carbocycles. The highest BCUT2D eigenvalue weighted by molar-refractivity contribution is 6.39. The summed E-state index contributed by atoms with van der Waals surface area (Å²) in [6, 6.07) is 16.6. The molecule has 1 aromatic heterocycles. The summed E-state index contributed by atoms with van der Waals surface area (Å²) < 4.78 is 0. The molecular weight excluding hydrogens is 290 g/mol. The zero-order valence-corrected chi connectivity index (χ0v) is 12.7. The van der Waals surface area contributed by atoms with Crippen LogP contribution in [0.25, 0.3) is 10.9 Å². The highest BCUT2D eigenvalue weighted by Crippen LogP contribution is 2.17. The molecule has 5 heteroatoms. The number of carbonyl (C=O) groups excluding carboxylic acids is 2. The highest BCUT2D eigenvalue weighted by Gasteiger charge is 2.17. The lowest BCUT2D eigenvalue weighted by Crippen LogP contribution is -2.36. The second-order valence-corrected chi connectivity index (χ2v) is 5.34. The van der Waals surface area contributed by atoms with E-state index in [0.717, 1.165) is 16.5 Å². The van der Waals surface area contributed by atoms with Crippen LogP contribution in [-0.4, -0.2) is 16.8 Å². The molecule has 0 radical (unpaired) electrons. The van der Waals surface area contributed by atoms with Crippen LogP contribution in [0.1, 0.15) is 18.5 Å². The maximum Gasteiger partial charge on any atom is 0.313 e. The van der Waals surface area contributed by atoms with Crippen LogP contribution in [0, 0.1) is 0 Å². The van der Waals surface area contributed by atoms with E-state index in [9.17, 15) is 9.59 Å². The normalized spacial score (nSPS) is 11.9. The second-order valence-electron chi connectivity index (χ2n) is 5.34. The number of amides is 2. The van der Waals surface area contributed by atoms with Gasteiger partial charge in [-0.05, 0) is 36.1 Å². The zero-order valence-electron chi connectivity index (χ0n) is 12.7. The molecule has 0 saturated carbocycles. The fourth-order valence-corrected chi connectivity index (χ4v) is 2.40. The summed E-state index contributed by atoms with van der Waals surface area (Å²) in [6.45, 7) is 1.84. The Labute approximate surface area is 133 Å². The SMILES string of the molecule is C[C@H](NC(=O)C(=O)Nc1ccc2cc[nH]c2c1)c1ccccc1. The van der Waals surface area contributed by atoms with E-state index in [0.29, 0.717) is 5.69 Å². The van der Waals surface area contributed by atoms with Gasteiger partial charge < -0.3 is 15.6 Å². The Morgan fingerprint density at radius 1 is 1.00 bits per heavy atom. The van der Waals surface area contributed by atoms with E-state index in [-0.39, 0.29) is 6.04 Å². The smallest absolute Gasteiger partial charge is 0.313 e. The van der Waals surface area contributed by atoms with Gasteiger partial charge >= 0.3 is 11.8 Å². The average Bonchev–Trinajstić information content (AvgIpc) is 3.03. The standard InChI is InChI=1S/C18H17N3O2/c1-12(13-5-3-2-4-6-13)20-17(22)18(23)21-15-8-7-14-9-10-19-16(14)11-15/h2-12,19H,1H3,(H,20,22)(H,21,23)/t12-/m0/s1. The quantitative estimate of drug-likeness (QED) is 0.651. The van der Waals surface area contributed by atoms with Crippen LogP contribution in [0.2, 0.25) is 0 Å². The van der Waals surface area contributed by atoms with Gasteiger partial charge in [0.2, 0.25) is 0 Å². The van der Waals surface area contributed by atoms with E-state index in [2.05, 4.69) is 15.6 Å². The summed E-state index contributed by atoms with van der Waals surface area (Å²) in [6.07, 6.45) is 1.82. The van der Waals surface area contributed by atoms with Crippen LogP contribution in [0.3, 0.4) is 0 Å². The molecule has 1 heterocycles. The van der Waals surface area contributed by atoms with E-state index < -0.39 is 11.8 Å². The maximum absolute atomic E-state index is 12.0. The van der Waals surface area contributed by atoms with Crippen molar-refractivity contribution in [3.05, 3.63) is 66.4 Å². The van der Waals surface area contributed by atoms with Crippen molar-refractivity contribution >= 4 is 28.4 Å². The summed E-state index contributed by atoms with van der Waals surface area (Å²) in [7, 11) is 0. The molecule has 0 aliphatic heterocycles. The van der Waals surface area contributed by atoms with E-state index in [1.807, 2.05) is 55.6 Å². The Morgan fingerprint density at radius 3 is 2.57 bits per heavy atom. The Hall–Kier alpha value is -3.08. The molecule has 0 bridgehead atoms. The molecule has 3 aromatic rings. The maximum atomic E-state index is 12.0. The summed E-state index contributed by atoms with van der Waals surface area (Å²) in [5.74, 6) is -1.34. The predicted octanol–water partition coefficient (Wildman–Crippen LogP) is 2.98. The number of hydrogen-bond donors (Lipinski definition) is 3. The number of aromatic nitrogens is 1. The third-order valence-electron chi connectivity index (χ3n) is 3.67. The molecule has 3 rings (SSSR count). The lowest BCUT2D eigenvalue weighted by Gasteiger charge is -2.14. The Morgan fingerprint density at radius 2 is 1.78 bits per heavy atom. The number of hydrogen-bond acceptors (Lipinski definition) is 2. The second kappa shape index (κ2) is 6.36. The van der Waals surface area contributed by atoms with Crippen molar-refractivity contribution in [3.63, 3.8) is 0 Å². The number of rotatable bonds is 3. The number of benzene rings is 2. The molecule has 0 unspecified atom stereocenters. The van der Waals surface area contributed by atoms with Crippen molar-refractivity contribution in [2.24, 2.45) is 0 Å². The topological polar surface area (TPSA) is 74.0 Å². The third kappa shape index (κ3) is 3.40. The number of H-pyrrole nitrogens is 1. The first-order valence-electron chi connectivity index (χ1n) is 7.37. The predicted molar refractivity (Wildman–Crippen MR) is 89.9 cm³/mol. The van der Waals surface area contributed by atoms with Crippen LogP contribution in [0.15, 0.2) is 60.8 Å². The summed E-state index contributed by atoms with van der Waals surface area (Å²) in [5, 5.41) is 6.35. The number of anilines is 1. The van der Waals surface area contributed by atoms with Gasteiger partial charge in [-0.2, -0.15) is 0 Å². The van der Waals surface area contributed by atoms with Crippen LogP contribution < -0.4 is 10.6 Å². The first-order chi connectivity index (χ1) is 11.1. The van der Waals surface area contributed by atoms with E-state index in [1.165, 1.54) is 0 Å². The van der Waals surface area contributed by atoms with Gasteiger partial charge in [-0.1, -0.05) is 36.4 Å². The number of aromatic amines is 1. The number of carbonyl (C=O) groups is 2. The molecule has 1 atom stereocenters. The van der Waals surface area contributed by atoms with Crippen molar-refractivity contribution in [1.29, 1.82) is 0 Å². The van der Waals surface area contributed by atoms with Gasteiger partial charge in [0.25, 0.3) is 0 Å². The average molecular weight is 307 g/mol. The molecule has 0 saturated heterocycles. The van der Waals surface area contributed by atoms with Gasteiger partial charge in [0.15, 0.2) is 0 Å². The Kier molecular flexibility index (Phi) is 4.10. The highest BCUT2D eigenvalue weighted by atomic mass is 16.2. The molecule has 0 spiro atoms. The first kappa shape index (κ1) is 14.8. The summed E-state index contributed by atoms with van der Waals surface area (Å²) >= 11 is 0. The van der Waals surface area contributed by atoms with Gasteiger partial charge in [-0.3, -0.25) is 9.59 Å². The molecule has 3 N–H and O–H groups in total. The summed E-state index contributed by atoms with van der Waals surface area (Å²) in [4.78, 5) is 27.1.